The zero-order chi connectivity index (χ0) is 11.4. The molecule has 0 bridgehead atoms. The third-order valence-corrected chi connectivity index (χ3v) is 2.83. The van der Waals surface area contributed by atoms with Gasteiger partial charge in [-0.3, -0.25) is 9.59 Å². The lowest BCUT2D eigenvalue weighted by Crippen LogP contribution is -2.45. The third kappa shape index (κ3) is 2.58. The largest absolute Gasteiger partial charge is 0.368 e. The fraction of sp³-hybridized carbons (Fsp3) is 0.636. The van der Waals surface area contributed by atoms with Gasteiger partial charge in [-0.15, -0.1) is 6.58 Å². The first-order valence-electron chi connectivity index (χ1n) is 5.29. The molecule has 0 radical (unpaired) electrons. The highest BCUT2D eigenvalue weighted by molar-refractivity contribution is 5.87. The fourth-order valence-corrected chi connectivity index (χ4v) is 2.08. The average Bonchev–Trinajstić information content (AvgIpc) is 2.49. The Hall–Kier alpha value is -1.32. The predicted molar refractivity (Wildman–Crippen MR) is 57.9 cm³/mol. The number of nitrogens with zero attached hydrogens (tertiary/aromatic N) is 1. The van der Waals surface area contributed by atoms with E-state index in [0.717, 1.165) is 6.42 Å². The van der Waals surface area contributed by atoms with Crippen molar-refractivity contribution in [1.29, 1.82) is 0 Å². The fourth-order valence-electron chi connectivity index (χ4n) is 2.08. The number of allylic oxidation sites excluding steroid dienone is 1. The van der Waals surface area contributed by atoms with Crippen molar-refractivity contribution in [2.75, 3.05) is 6.54 Å². The van der Waals surface area contributed by atoms with Gasteiger partial charge in [-0.2, -0.15) is 0 Å². The molecule has 1 rings (SSSR count). The van der Waals surface area contributed by atoms with Crippen LogP contribution in [0.1, 0.15) is 26.2 Å². The van der Waals surface area contributed by atoms with E-state index in [2.05, 4.69) is 6.58 Å². The van der Waals surface area contributed by atoms with Crippen LogP contribution in [-0.2, 0) is 9.59 Å². The topological polar surface area (TPSA) is 63.4 Å². The number of amides is 2. The van der Waals surface area contributed by atoms with Gasteiger partial charge in [-0.25, -0.2) is 0 Å². The van der Waals surface area contributed by atoms with Gasteiger partial charge < -0.3 is 10.6 Å². The van der Waals surface area contributed by atoms with Crippen molar-refractivity contribution >= 4 is 11.8 Å². The molecule has 2 amide bonds. The first-order valence-corrected chi connectivity index (χ1v) is 5.29. The monoisotopic (exact) mass is 210 g/mol. The highest BCUT2D eigenvalue weighted by Gasteiger charge is 2.35. The van der Waals surface area contributed by atoms with E-state index in [1.54, 1.807) is 4.90 Å². The zero-order valence-corrected chi connectivity index (χ0v) is 9.11. The van der Waals surface area contributed by atoms with Crippen molar-refractivity contribution in [1.82, 2.24) is 4.90 Å². The summed E-state index contributed by atoms with van der Waals surface area (Å²) in [5.41, 5.74) is 5.26. The molecule has 4 nitrogen and oxygen atoms in total. The molecule has 1 heterocycles. The van der Waals surface area contributed by atoms with Gasteiger partial charge in [-0.1, -0.05) is 13.0 Å². The molecule has 0 aromatic heterocycles. The molecule has 15 heavy (non-hydrogen) atoms. The smallest absolute Gasteiger partial charge is 0.240 e. The first kappa shape index (κ1) is 11.8. The van der Waals surface area contributed by atoms with E-state index < -0.39 is 11.9 Å². The third-order valence-electron chi connectivity index (χ3n) is 2.83. The summed E-state index contributed by atoms with van der Waals surface area (Å²) in [4.78, 5) is 24.4. The Bertz CT molecular complexity index is 276. The van der Waals surface area contributed by atoms with Crippen LogP contribution in [0.2, 0.25) is 0 Å². The van der Waals surface area contributed by atoms with Gasteiger partial charge in [0.2, 0.25) is 11.8 Å². The highest BCUT2D eigenvalue weighted by Crippen LogP contribution is 2.23. The Kier molecular flexibility index (Phi) is 3.88. The molecule has 1 saturated heterocycles. The van der Waals surface area contributed by atoms with Crippen LogP contribution in [0.3, 0.4) is 0 Å². The van der Waals surface area contributed by atoms with Crippen molar-refractivity contribution in [2.45, 2.75) is 32.2 Å². The Morgan fingerprint density at radius 1 is 1.80 bits per heavy atom. The van der Waals surface area contributed by atoms with E-state index in [0.29, 0.717) is 25.3 Å². The van der Waals surface area contributed by atoms with Crippen molar-refractivity contribution in [2.24, 2.45) is 11.7 Å². The maximum atomic E-state index is 11.6. The van der Waals surface area contributed by atoms with Crippen LogP contribution in [0, 0.1) is 5.92 Å². The van der Waals surface area contributed by atoms with Gasteiger partial charge in [0.1, 0.15) is 6.04 Å². The van der Waals surface area contributed by atoms with E-state index >= 15 is 0 Å². The highest BCUT2D eigenvalue weighted by atomic mass is 16.2. The molecular weight excluding hydrogens is 192 g/mol. The van der Waals surface area contributed by atoms with Gasteiger partial charge >= 0.3 is 0 Å². The number of carbonyl (C=O) groups is 2. The molecule has 1 aliphatic heterocycles. The predicted octanol–water partition coefficient (Wildman–Crippen LogP) is 0.675. The van der Waals surface area contributed by atoms with Crippen LogP contribution in [0.15, 0.2) is 12.7 Å². The van der Waals surface area contributed by atoms with Crippen LogP contribution < -0.4 is 5.73 Å². The Balaban J connectivity index is 2.66. The van der Waals surface area contributed by atoms with Gasteiger partial charge in [0.25, 0.3) is 0 Å². The van der Waals surface area contributed by atoms with E-state index in [4.69, 9.17) is 5.73 Å². The summed E-state index contributed by atoms with van der Waals surface area (Å²) < 4.78 is 0. The SMILES string of the molecule is C=CCC1CC(=O)N([C@@H](CC)C(N)=O)C1. The van der Waals surface area contributed by atoms with E-state index in [1.165, 1.54) is 0 Å². The summed E-state index contributed by atoms with van der Waals surface area (Å²) >= 11 is 0. The summed E-state index contributed by atoms with van der Waals surface area (Å²) in [6, 6.07) is -0.438. The molecule has 4 heteroatoms. The number of primary amides is 1. The van der Waals surface area contributed by atoms with Crippen LogP contribution in [0.25, 0.3) is 0 Å². The van der Waals surface area contributed by atoms with Gasteiger partial charge in [0.15, 0.2) is 0 Å². The van der Waals surface area contributed by atoms with Crippen LogP contribution in [-0.4, -0.2) is 29.3 Å². The summed E-state index contributed by atoms with van der Waals surface area (Å²) in [5, 5.41) is 0. The van der Waals surface area contributed by atoms with Gasteiger partial charge in [-0.05, 0) is 18.8 Å². The first-order chi connectivity index (χ1) is 7.10. The second-order valence-corrected chi connectivity index (χ2v) is 3.97. The average molecular weight is 210 g/mol. The van der Waals surface area contributed by atoms with Crippen LogP contribution >= 0.6 is 0 Å². The Labute approximate surface area is 90.1 Å². The van der Waals surface area contributed by atoms with E-state index in [9.17, 15) is 9.59 Å². The summed E-state index contributed by atoms with van der Waals surface area (Å²) in [5.74, 6) is -0.0824. The molecule has 2 atom stereocenters. The lowest BCUT2D eigenvalue weighted by atomic mass is 10.1. The Morgan fingerprint density at radius 2 is 2.47 bits per heavy atom. The molecule has 1 unspecified atom stereocenters. The van der Waals surface area contributed by atoms with Gasteiger partial charge in [0, 0.05) is 13.0 Å². The number of likely N-dealkylation sites (tertiary alicyclic amines) is 1. The minimum atomic E-state index is -0.438. The van der Waals surface area contributed by atoms with Gasteiger partial charge in [0.05, 0.1) is 0 Å². The van der Waals surface area contributed by atoms with Crippen molar-refractivity contribution in [3.05, 3.63) is 12.7 Å². The summed E-state index contributed by atoms with van der Waals surface area (Å²) in [7, 11) is 0. The maximum Gasteiger partial charge on any atom is 0.240 e. The minimum Gasteiger partial charge on any atom is -0.368 e. The second-order valence-electron chi connectivity index (χ2n) is 3.97. The molecule has 0 aromatic carbocycles. The molecular formula is C11H18N2O2. The molecule has 1 aliphatic rings. The van der Waals surface area contributed by atoms with Crippen molar-refractivity contribution in [3.63, 3.8) is 0 Å². The second kappa shape index (κ2) is 4.96. The molecule has 2 N–H and O–H groups in total. The summed E-state index contributed by atoms with van der Waals surface area (Å²) in [6.07, 6.45) is 3.72. The van der Waals surface area contributed by atoms with E-state index in [-0.39, 0.29) is 5.91 Å². The van der Waals surface area contributed by atoms with Crippen molar-refractivity contribution in [3.8, 4) is 0 Å². The zero-order valence-electron chi connectivity index (χ0n) is 9.11. The molecule has 0 aliphatic carbocycles. The quantitative estimate of drug-likeness (QED) is 0.678. The molecule has 0 spiro atoms. The van der Waals surface area contributed by atoms with Crippen LogP contribution in [0.4, 0.5) is 0 Å². The molecule has 84 valence electrons. The molecule has 0 saturated carbocycles. The number of hydrogen-bond acceptors (Lipinski definition) is 2. The maximum absolute atomic E-state index is 11.6. The minimum absolute atomic E-state index is 0.0347. The number of carbonyl (C=O) groups excluding carboxylic acids is 2. The van der Waals surface area contributed by atoms with Crippen LogP contribution in [0.5, 0.6) is 0 Å². The van der Waals surface area contributed by atoms with E-state index in [1.807, 2.05) is 13.0 Å². The van der Waals surface area contributed by atoms with Crippen molar-refractivity contribution < 1.29 is 9.59 Å². The number of nitrogens with two attached hydrogens (primary N) is 1. The number of rotatable bonds is 5. The standard InChI is InChI=1S/C11H18N2O2/c1-3-5-8-6-10(14)13(7-8)9(4-2)11(12)15/h3,8-9H,1,4-7H2,2H3,(H2,12,15)/t8?,9-/m0/s1. The normalized spacial score (nSPS) is 22.9. The summed E-state index contributed by atoms with van der Waals surface area (Å²) in [6.45, 7) is 6.15. The lowest BCUT2D eigenvalue weighted by Gasteiger charge is -2.24. The Morgan fingerprint density at radius 3 is 2.93 bits per heavy atom. The lowest BCUT2D eigenvalue weighted by molar-refractivity contribution is -0.136. The molecule has 0 aromatic rings. The number of hydrogen-bond donors (Lipinski definition) is 1. The molecule has 1 fully saturated rings.